The Balaban J connectivity index is 1.50. The number of carbonyl (C=O) groups is 5. The normalized spacial score (nSPS) is 18.4. The summed E-state index contributed by atoms with van der Waals surface area (Å²) in [5, 5.41) is 2.20. The fourth-order valence-corrected chi connectivity index (χ4v) is 4.70. The second kappa shape index (κ2) is 10.5. The first-order valence-electron chi connectivity index (χ1n) is 10.9. The van der Waals surface area contributed by atoms with Gasteiger partial charge in [-0.15, -0.1) is 11.8 Å². The van der Waals surface area contributed by atoms with Gasteiger partial charge in [-0.05, 0) is 57.9 Å². The van der Waals surface area contributed by atoms with Crippen LogP contribution in [0.5, 0.6) is 0 Å². The van der Waals surface area contributed by atoms with Gasteiger partial charge in [-0.3, -0.25) is 29.4 Å². The van der Waals surface area contributed by atoms with E-state index in [9.17, 15) is 24.0 Å². The van der Waals surface area contributed by atoms with E-state index in [2.05, 4.69) is 5.32 Å². The number of nitrogens with one attached hydrogen (secondary N) is 1. The molecule has 9 nitrogen and oxygen atoms in total. The number of unbranched alkanes of at least 4 members (excludes halogenated alkanes) is 1. The average Bonchev–Trinajstić information content (AvgIpc) is 2.97. The van der Waals surface area contributed by atoms with Crippen molar-refractivity contribution >= 4 is 41.4 Å². The standard InChI is InChI=1S/C23H28N2O7S/c1-23(2,3)32-18(27)13-31-11-4-5-12-33-16-8-6-7-14-19(16)22(30)25(21(14)29)15-9-10-17(26)24-20(15)28/h6-8,15H,4-5,9-13H2,1-3H3,(H,24,26,28). The van der Waals surface area contributed by atoms with Crippen LogP contribution in [0.3, 0.4) is 0 Å². The summed E-state index contributed by atoms with van der Waals surface area (Å²) in [7, 11) is 0. The third kappa shape index (κ3) is 6.20. The molecule has 2 aliphatic heterocycles. The Labute approximate surface area is 196 Å². The maximum Gasteiger partial charge on any atom is 0.332 e. The molecular formula is C23H28N2O7S. The molecule has 1 unspecified atom stereocenters. The lowest BCUT2D eigenvalue weighted by Gasteiger charge is -2.27. The molecule has 0 spiro atoms. The van der Waals surface area contributed by atoms with Crippen LogP contribution in [0.1, 0.15) is 67.2 Å². The first-order chi connectivity index (χ1) is 15.6. The van der Waals surface area contributed by atoms with Crippen molar-refractivity contribution in [2.24, 2.45) is 0 Å². The molecule has 3 rings (SSSR count). The maximum absolute atomic E-state index is 13.1. The third-order valence-corrected chi connectivity index (χ3v) is 6.15. The van der Waals surface area contributed by atoms with Crippen LogP contribution in [0, 0.1) is 0 Å². The lowest BCUT2D eigenvalue weighted by Crippen LogP contribution is -2.54. The van der Waals surface area contributed by atoms with Crippen LogP contribution in [0.2, 0.25) is 0 Å². The number of nitrogens with zero attached hydrogens (tertiary/aromatic N) is 1. The number of piperidine rings is 1. The van der Waals surface area contributed by atoms with Gasteiger partial charge in [0.05, 0.1) is 11.1 Å². The molecule has 0 saturated carbocycles. The van der Waals surface area contributed by atoms with E-state index in [1.165, 1.54) is 11.8 Å². The van der Waals surface area contributed by atoms with Gasteiger partial charge in [-0.2, -0.15) is 0 Å². The van der Waals surface area contributed by atoms with Crippen LogP contribution in [-0.4, -0.2) is 65.1 Å². The molecule has 1 aromatic rings. The molecule has 1 fully saturated rings. The molecule has 2 heterocycles. The summed E-state index contributed by atoms with van der Waals surface area (Å²) < 4.78 is 10.5. The summed E-state index contributed by atoms with van der Waals surface area (Å²) in [6.45, 7) is 5.71. The number of hydrogen-bond donors (Lipinski definition) is 1. The lowest BCUT2D eigenvalue weighted by atomic mass is 10.0. The first kappa shape index (κ1) is 24.9. The molecule has 1 atom stereocenters. The number of rotatable bonds is 9. The van der Waals surface area contributed by atoms with Crippen LogP contribution < -0.4 is 5.32 Å². The van der Waals surface area contributed by atoms with Crippen LogP contribution >= 0.6 is 11.8 Å². The minimum Gasteiger partial charge on any atom is -0.458 e. The van der Waals surface area contributed by atoms with Gasteiger partial charge < -0.3 is 9.47 Å². The Kier molecular flexibility index (Phi) is 7.91. The molecular weight excluding hydrogens is 448 g/mol. The smallest absolute Gasteiger partial charge is 0.332 e. The molecule has 0 bridgehead atoms. The summed E-state index contributed by atoms with van der Waals surface area (Å²) in [6, 6.07) is 4.09. The van der Waals surface area contributed by atoms with Gasteiger partial charge in [0.2, 0.25) is 11.8 Å². The van der Waals surface area contributed by atoms with E-state index in [4.69, 9.17) is 9.47 Å². The van der Waals surface area contributed by atoms with Crippen molar-refractivity contribution in [1.82, 2.24) is 10.2 Å². The van der Waals surface area contributed by atoms with E-state index in [0.717, 1.165) is 17.7 Å². The van der Waals surface area contributed by atoms with Crippen LogP contribution in [0.15, 0.2) is 23.1 Å². The number of ether oxygens (including phenoxy) is 2. The first-order valence-corrected chi connectivity index (χ1v) is 11.8. The fraction of sp³-hybridized carbons (Fsp3) is 0.522. The summed E-state index contributed by atoms with van der Waals surface area (Å²) >= 11 is 1.45. The van der Waals surface area contributed by atoms with Gasteiger partial charge in [-0.1, -0.05) is 6.07 Å². The van der Waals surface area contributed by atoms with Crippen molar-refractivity contribution in [2.75, 3.05) is 19.0 Å². The van der Waals surface area contributed by atoms with Gasteiger partial charge in [0, 0.05) is 17.9 Å². The number of fused-ring (bicyclic) bond motifs is 1. The minimum atomic E-state index is -0.977. The minimum absolute atomic E-state index is 0.0847. The highest BCUT2D eigenvalue weighted by Crippen LogP contribution is 2.34. The van der Waals surface area contributed by atoms with E-state index in [1.807, 2.05) is 0 Å². The van der Waals surface area contributed by atoms with Crippen molar-refractivity contribution in [1.29, 1.82) is 0 Å². The fourth-order valence-electron chi connectivity index (χ4n) is 3.62. The number of amides is 4. The van der Waals surface area contributed by atoms with Gasteiger partial charge in [-0.25, -0.2) is 4.79 Å². The van der Waals surface area contributed by atoms with Crippen molar-refractivity contribution < 1.29 is 33.4 Å². The number of esters is 1. The second-order valence-electron chi connectivity index (χ2n) is 8.82. The molecule has 1 aromatic carbocycles. The predicted octanol–water partition coefficient (Wildman–Crippen LogP) is 2.32. The van der Waals surface area contributed by atoms with Gasteiger partial charge in [0.25, 0.3) is 11.8 Å². The molecule has 0 aromatic heterocycles. The molecule has 2 aliphatic rings. The largest absolute Gasteiger partial charge is 0.458 e. The molecule has 0 aliphatic carbocycles. The number of hydrogen-bond acceptors (Lipinski definition) is 8. The van der Waals surface area contributed by atoms with Gasteiger partial charge in [0.1, 0.15) is 18.2 Å². The zero-order valence-electron chi connectivity index (χ0n) is 19.0. The lowest BCUT2D eigenvalue weighted by molar-refractivity contribution is -0.160. The van der Waals surface area contributed by atoms with E-state index in [-0.39, 0.29) is 25.0 Å². The van der Waals surface area contributed by atoms with E-state index in [0.29, 0.717) is 22.8 Å². The number of thioether (sulfide) groups is 1. The molecule has 1 saturated heterocycles. The summed E-state index contributed by atoms with van der Waals surface area (Å²) in [6.07, 6.45) is 1.71. The Bertz CT molecular complexity index is 970. The van der Waals surface area contributed by atoms with Crippen molar-refractivity contribution in [3.05, 3.63) is 29.3 Å². The average molecular weight is 477 g/mol. The Hall–Kier alpha value is -2.72. The van der Waals surface area contributed by atoms with Crippen LogP contribution in [0.4, 0.5) is 0 Å². The van der Waals surface area contributed by atoms with E-state index >= 15 is 0 Å². The number of benzene rings is 1. The Morgan fingerprint density at radius 3 is 2.61 bits per heavy atom. The van der Waals surface area contributed by atoms with E-state index in [1.54, 1.807) is 39.0 Å². The van der Waals surface area contributed by atoms with Crippen LogP contribution in [0.25, 0.3) is 0 Å². The monoisotopic (exact) mass is 476 g/mol. The zero-order valence-corrected chi connectivity index (χ0v) is 19.8. The Morgan fingerprint density at radius 2 is 1.91 bits per heavy atom. The molecule has 0 radical (unpaired) electrons. The zero-order chi connectivity index (χ0) is 24.2. The highest BCUT2D eigenvalue weighted by Gasteiger charge is 2.45. The van der Waals surface area contributed by atoms with Crippen molar-refractivity contribution in [3.63, 3.8) is 0 Å². The topological polar surface area (TPSA) is 119 Å². The van der Waals surface area contributed by atoms with Gasteiger partial charge in [0.15, 0.2) is 0 Å². The second-order valence-corrected chi connectivity index (χ2v) is 9.96. The van der Waals surface area contributed by atoms with E-state index < -0.39 is 41.2 Å². The van der Waals surface area contributed by atoms with Crippen LogP contribution in [-0.2, 0) is 23.9 Å². The highest BCUT2D eigenvalue weighted by atomic mass is 32.2. The van der Waals surface area contributed by atoms with Gasteiger partial charge >= 0.3 is 5.97 Å². The molecule has 4 amide bonds. The SMILES string of the molecule is CC(C)(C)OC(=O)COCCCCSc1cccc2c1C(=O)N(C1CCC(=O)NC1=O)C2=O. The number of imide groups is 2. The van der Waals surface area contributed by atoms with Crippen molar-refractivity contribution in [3.8, 4) is 0 Å². The maximum atomic E-state index is 13.1. The summed E-state index contributed by atoms with van der Waals surface area (Å²) in [4.78, 5) is 62.8. The highest BCUT2D eigenvalue weighted by molar-refractivity contribution is 7.99. The Morgan fingerprint density at radius 1 is 1.15 bits per heavy atom. The molecule has 10 heteroatoms. The molecule has 1 N–H and O–H groups in total. The molecule has 33 heavy (non-hydrogen) atoms. The van der Waals surface area contributed by atoms with Crippen molar-refractivity contribution in [2.45, 2.75) is 63.0 Å². The summed E-state index contributed by atoms with van der Waals surface area (Å²) in [5.74, 6) is -1.76. The summed E-state index contributed by atoms with van der Waals surface area (Å²) in [5.41, 5.74) is 0.0355. The molecule has 178 valence electrons. The number of carbonyl (C=O) groups excluding carboxylic acids is 5. The predicted molar refractivity (Wildman–Crippen MR) is 120 cm³/mol. The third-order valence-electron chi connectivity index (χ3n) is 5.01. The quantitative estimate of drug-likeness (QED) is 0.250.